The number of likely N-dealkylation sites (N-methyl/N-ethyl adjacent to an activating group) is 1. The number of halogens is 1. The van der Waals surface area contributed by atoms with Crippen LogP contribution in [0.4, 0.5) is 4.39 Å². The number of thiocarbonyl (C=S) groups is 1. The van der Waals surface area contributed by atoms with Gasteiger partial charge in [-0.2, -0.15) is 0 Å². The quantitative estimate of drug-likeness (QED) is 0.655. The molecule has 144 valence electrons. The Kier molecular flexibility index (Phi) is 4.89. The number of hydrogen-bond donors (Lipinski definition) is 1. The highest BCUT2D eigenvalue weighted by Crippen LogP contribution is 2.41. The molecule has 1 fully saturated rings. The Bertz CT molecular complexity index is 1010. The molecule has 3 aromatic rings. The Hall–Kier alpha value is -2.73. The zero-order valence-electron chi connectivity index (χ0n) is 16.2. The summed E-state index contributed by atoms with van der Waals surface area (Å²) >= 11 is 5.61. The first kappa shape index (κ1) is 18.6. The van der Waals surface area contributed by atoms with Crippen molar-refractivity contribution in [2.24, 2.45) is 0 Å². The lowest BCUT2D eigenvalue weighted by Gasteiger charge is -2.27. The molecule has 1 N–H and O–H groups in total. The Morgan fingerprint density at radius 2 is 1.89 bits per heavy atom. The van der Waals surface area contributed by atoms with Crippen molar-refractivity contribution >= 4 is 17.3 Å². The molecule has 0 bridgehead atoms. The molecule has 28 heavy (non-hydrogen) atoms. The number of pyridine rings is 1. The molecule has 0 unspecified atom stereocenters. The summed E-state index contributed by atoms with van der Waals surface area (Å²) in [6, 6.07) is 14.9. The number of aryl methyl sites for hydroxylation is 1. The van der Waals surface area contributed by atoms with Crippen molar-refractivity contribution in [3.63, 3.8) is 0 Å². The van der Waals surface area contributed by atoms with Crippen molar-refractivity contribution in [1.82, 2.24) is 19.8 Å². The SMILES string of the molecule is CCN1C(=S)N[C@@H](c2ccccn2)[C@H]1c1cc(C)n(-c2ccccc2F)c1C. The fraction of sp³-hybridized carbons (Fsp3) is 0.273. The molecule has 1 saturated heterocycles. The van der Waals surface area contributed by atoms with E-state index in [1.54, 1.807) is 12.3 Å². The molecule has 4 nitrogen and oxygen atoms in total. The van der Waals surface area contributed by atoms with Crippen molar-refractivity contribution in [1.29, 1.82) is 0 Å². The third kappa shape index (κ3) is 2.98. The minimum Gasteiger partial charge on any atom is -0.352 e. The highest BCUT2D eigenvalue weighted by Gasteiger charge is 2.40. The lowest BCUT2D eigenvalue weighted by molar-refractivity contribution is 0.329. The van der Waals surface area contributed by atoms with E-state index in [9.17, 15) is 4.39 Å². The van der Waals surface area contributed by atoms with Gasteiger partial charge < -0.3 is 14.8 Å². The largest absolute Gasteiger partial charge is 0.352 e. The molecular weight excluding hydrogens is 371 g/mol. The molecule has 0 aliphatic carbocycles. The second-order valence-corrected chi connectivity index (χ2v) is 7.41. The first-order chi connectivity index (χ1) is 13.5. The second-order valence-electron chi connectivity index (χ2n) is 7.03. The van der Waals surface area contributed by atoms with Gasteiger partial charge in [-0.15, -0.1) is 0 Å². The normalized spacial score (nSPS) is 19.1. The van der Waals surface area contributed by atoms with E-state index in [1.165, 1.54) is 6.07 Å². The van der Waals surface area contributed by atoms with Gasteiger partial charge in [-0.3, -0.25) is 4.98 Å². The van der Waals surface area contributed by atoms with Crippen LogP contribution >= 0.6 is 12.2 Å². The summed E-state index contributed by atoms with van der Waals surface area (Å²) in [5, 5.41) is 4.16. The van der Waals surface area contributed by atoms with E-state index in [0.29, 0.717) is 5.69 Å². The number of nitrogens with zero attached hydrogens (tertiary/aromatic N) is 3. The zero-order chi connectivity index (χ0) is 19.8. The number of rotatable bonds is 4. The van der Waals surface area contributed by atoms with E-state index in [1.807, 2.05) is 48.7 Å². The molecule has 0 spiro atoms. The molecule has 2 atom stereocenters. The fourth-order valence-corrected chi connectivity index (χ4v) is 4.54. The van der Waals surface area contributed by atoms with Gasteiger partial charge in [0.15, 0.2) is 5.11 Å². The van der Waals surface area contributed by atoms with Crippen molar-refractivity contribution in [3.05, 3.63) is 83.2 Å². The molecule has 1 aliphatic rings. The minimum atomic E-state index is -0.232. The van der Waals surface area contributed by atoms with E-state index in [4.69, 9.17) is 12.2 Å². The summed E-state index contributed by atoms with van der Waals surface area (Å²) < 4.78 is 16.5. The average Bonchev–Trinajstić information content (AvgIpc) is 3.18. The van der Waals surface area contributed by atoms with E-state index >= 15 is 0 Å². The summed E-state index contributed by atoms with van der Waals surface area (Å²) in [6.07, 6.45) is 1.80. The summed E-state index contributed by atoms with van der Waals surface area (Å²) in [5.74, 6) is -0.232. The fourth-order valence-electron chi connectivity index (χ4n) is 4.18. The predicted molar refractivity (Wildman–Crippen MR) is 113 cm³/mol. The summed E-state index contributed by atoms with van der Waals surface area (Å²) in [6.45, 7) is 6.93. The standard InChI is InChI=1S/C22H23FN4S/c1-4-26-21(20(25-22(26)28)18-10-7-8-12-24-18)16-13-14(2)27(15(16)3)19-11-6-5-9-17(19)23/h5-13,20-21H,4H2,1-3H3,(H,25,28)/t20-,21+/m0/s1. The molecular formula is C22H23FN4S. The Morgan fingerprint density at radius 3 is 2.57 bits per heavy atom. The Balaban J connectivity index is 1.85. The first-order valence-electron chi connectivity index (χ1n) is 9.44. The summed E-state index contributed by atoms with van der Waals surface area (Å²) in [7, 11) is 0. The highest BCUT2D eigenvalue weighted by atomic mass is 32.1. The van der Waals surface area contributed by atoms with Crippen molar-refractivity contribution in [3.8, 4) is 5.69 Å². The van der Waals surface area contributed by atoms with Crippen molar-refractivity contribution in [2.75, 3.05) is 6.54 Å². The maximum atomic E-state index is 14.5. The van der Waals surface area contributed by atoms with Crippen LogP contribution in [0.25, 0.3) is 5.69 Å². The van der Waals surface area contributed by atoms with Crippen LogP contribution in [0.15, 0.2) is 54.7 Å². The van der Waals surface area contributed by atoms with Crippen LogP contribution in [0.5, 0.6) is 0 Å². The molecule has 3 heterocycles. The molecule has 4 rings (SSSR count). The van der Waals surface area contributed by atoms with Crippen molar-refractivity contribution in [2.45, 2.75) is 32.9 Å². The van der Waals surface area contributed by atoms with Gasteiger partial charge in [0.05, 0.1) is 23.5 Å². The van der Waals surface area contributed by atoms with Gasteiger partial charge in [-0.25, -0.2) is 4.39 Å². The number of aromatic nitrogens is 2. The Labute approximate surface area is 170 Å². The maximum absolute atomic E-state index is 14.5. The van der Waals surface area contributed by atoms with Gasteiger partial charge in [-0.05, 0) is 68.9 Å². The highest BCUT2D eigenvalue weighted by molar-refractivity contribution is 7.80. The van der Waals surface area contributed by atoms with E-state index in [2.05, 4.69) is 28.2 Å². The summed E-state index contributed by atoms with van der Waals surface area (Å²) in [5.41, 5.74) is 4.64. The third-order valence-corrected chi connectivity index (χ3v) is 5.77. The molecule has 0 saturated carbocycles. The molecule has 0 amide bonds. The smallest absolute Gasteiger partial charge is 0.170 e. The molecule has 1 aliphatic heterocycles. The van der Waals surface area contributed by atoms with Crippen LogP contribution in [0.1, 0.15) is 41.7 Å². The topological polar surface area (TPSA) is 33.1 Å². The third-order valence-electron chi connectivity index (χ3n) is 5.42. The van der Waals surface area contributed by atoms with Gasteiger partial charge in [0.25, 0.3) is 0 Å². The monoisotopic (exact) mass is 394 g/mol. The van der Waals surface area contributed by atoms with Gasteiger partial charge in [0, 0.05) is 24.1 Å². The van der Waals surface area contributed by atoms with Crippen LogP contribution in [0, 0.1) is 19.7 Å². The molecule has 6 heteroatoms. The lowest BCUT2D eigenvalue weighted by Crippen LogP contribution is -2.29. The van der Waals surface area contributed by atoms with E-state index in [-0.39, 0.29) is 17.9 Å². The number of para-hydroxylation sites is 1. The van der Waals surface area contributed by atoms with Gasteiger partial charge in [0.1, 0.15) is 5.82 Å². The minimum absolute atomic E-state index is 0.000812. The van der Waals surface area contributed by atoms with Gasteiger partial charge in [-0.1, -0.05) is 18.2 Å². The van der Waals surface area contributed by atoms with Gasteiger partial charge >= 0.3 is 0 Å². The average molecular weight is 395 g/mol. The van der Waals surface area contributed by atoms with Crippen molar-refractivity contribution < 1.29 is 4.39 Å². The second kappa shape index (κ2) is 7.36. The van der Waals surface area contributed by atoms with Crippen LogP contribution in [-0.2, 0) is 0 Å². The molecule has 0 radical (unpaired) electrons. The molecule has 2 aromatic heterocycles. The zero-order valence-corrected chi connectivity index (χ0v) is 17.0. The van der Waals surface area contributed by atoms with E-state index in [0.717, 1.165) is 34.3 Å². The summed E-state index contributed by atoms with van der Waals surface area (Å²) in [4.78, 5) is 6.74. The first-order valence-corrected chi connectivity index (χ1v) is 9.85. The number of hydrogen-bond acceptors (Lipinski definition) is 2. The lowest BCUT2D eigenvalue weighted by atomic mass is 9.97. The van der Waals surface area contributed by atoms with Crippen LogP contribution in [0.3, 0.4) is 0 Å². The van der Waals surface area contributed by atoms with Gasteiger partial charge in [0.2, 0.25) is 0 Å². The predicted octanol–water partition coefficient (Wildman–Crippen LogP) is 4.62. The maximum Gasteiger partial charge on any atom is 0.170 e. The molecule has 1 aromatic carbocycles. The number of nitrogens with one attached hydrogen (secondary N) is 1. The van der Waals surface area contributed by atoms with E-state index < -0.39 is 0 Å². The van der Waals surface area contributed by atoms with Crippen LogP contribution in [0.2, 0.25) is 0 Å². The number of benzene rings is 1. The van der Waals surface area contributed by atoms with Crippen LogP contribution in [-0.4, -0.2) is 26.1 Å². The van der Waals surface area contributed by atoms with Crippen LogP contribution < -0.4 is 5.32 Å². The Morgan fingerprint density at radius 1 is 1.14 bits per heavy atom.